The number of hydrogen-bond acceptors (Lipinski definition) is 6. The van der Waals surface area contributed by atoms with E-state index in [9.17, 15) is 23.3 Å². The Morgan fingerprint density at radius 3 is 2.36 bits per heavy atom. The van der Waals surface area contributed by atoms with Crippen molar-refractivity contribution in [3.8, 4) is 0 Å². The molecule has 25 heavy (non-hydrogen) atoms. The number of sulfonamides is 1. The zero-order chi connectivity index (χ0) is 18.8. The van der Waals surface area contributed by atoms with E-state index in [2.05, 4.69) is 9.46 Å². The molecule has 2 rings (SSSR count). The van der Waals surface area contributed by atoms with Gasteiger partial charge >= 0.3 is 5.97 Å². The van der Waals surface area contributed by atoms with Gasteiger partial charge in [-0.25, -0.2) is 13.2 Å². The summed E-state index contributed by atoms with van der Waals surface area (Å²) in [5.41, 5.74) is 1.07. The highest BCUT2D eigenvalue weighted by molar-refractivity contribution is 7.92. The molecule has 0 unspecified atom stereocenters. The number of benzene rings is 2. The van der Waals surface area contributed by atoms with Gasteiger partial charge in [0.2, 0.25) is 0 Å². The molecule has 0 aliphatic carbocycles. The molecule has 2 aromatic rings. The molecule has 2 aromatic carbocycles. The van der Waals surface area contributed by atoms with Crippen molar-refractivity contribution in [2.75, 3.05) is 11.8 Å². The number of nitrogens with one attached hydrogen (secondary N) is 1. The molecule has 9 heteroatoms. The van der Waals surface area contributed by atoms with Crippen LogP contribution in [0.4, 0.5) is 11.4 Å². The molecule has 0 bridgehead atoms. The van der Waals surface area contributed by atoms with Crippen molar-refractivity contribution in [1.82, 2.24) is 0 Å². The molecule has 0 amide bonds. The monoisotopic (exact) mass is 364 g/mol. The maximum Gasteiger partial charge on any atom is 0.338 e. The first-order valence-corrected chi connectivity index (χ1v) is 8.61. The first-order valence-electron chi connectivity index (χ1n) is 7.12. The van der Waals surface area contributed by atoms with E-state index in [4.69, 9.17) is 0 Å². The predicted octanol–water partition coefficient (Wildman–Crippen LogP) is 2.80. The highest BCUT2D eigenvalue weighted by Crippen LogP contribution is 2.25. The van der Waals surface area contributed by atoms with Gasteiger partial charge in [-0.2, -0.15) is 0 Å². The Hall–Kier alpha value is -2.94. The number of ether oxygens (including phenoxy) is 1. The Kier molecular flexibility index (Phi) is 5.07. The molecule has 0 radical (unpaired) electrons. The second-order valence-electron chi connectivity index (χ2n) is 5.33. The normalized spacial score (nSPS) is 11.0. The molecule has 132 valence electrons. The first-order chi connectivity index (χ1) is 11.7. The van der Waals surface area contributed by atoms with Gasteiger partial charge in [0.1, 0.15) is 0 Å². The van der Waals surface area contributed by atoms with E-state index in [0.717, 1.165) is 6.07 Å². The van der Waals surface area contributed by atoms with Crippen molar-refractivity contribution < 1.29 is 22.9 Å². The third-order valence-corrected chi connectivity index (χ3v) is 4.96. The van der Waals surface area contributed by atoms with E-state index in [1.54, 1.807) is 13.8 Å². The fourth-order valence-electron chi connectivity index (χ4n) is 2.14. The van der Waals surface area contributed by atoms with Gasteiger partial charge in [0.05, 0.1) is 28.2 Å². The SMILES string of the molecule is COC(=O)c1cc(S(=O)(=O)Nc2cc([N+](=O)[O-])ccc2C)ccc1C. The van der Waals surface area contributed by atoms with Crippen molar-refractivity contribution in [2.24, 2.45) is 0 Å². The van der Waals surface area contributed by atoms with Crippen LogP contribution in [0.5, 0.6) is 0 Å². The third kappa shape index (κ3) is 3.94. The molecule has 0 aromatic heterocycles. The van der Waals surface area contributed by atoms with E-state index >= 15 is 0 Å². The summed E-state index contributed by atoms with van der Waals surface area (Å²) in [6, 6.07) is 7.91. The summed E-state index contributed by atoms with van der Waals surface area (Å²) < 4.78 is 32.1. The predicted molar refractivity (Wildman–Crippen MR) is 91.2 cm³/mol. The van der Waals surface area contributed by atoms with Crippen LogP contribution in [0, 0.1) is 24.0 Å². The lowest BCUT2D eigenvalue weighted by Gasteiger charge is -2.12. The Bertz CT molecular complexity index is 953. The van der Waals surface area contributed by atoms with Crippen LogP contribution in [0.1, 0.15) is 21.5 Å². The number of rotatable bonds is 5. The maximum absolute atomic E-state index is 12.6. The molecule has 0 spiro atoms. The van der Waals surface area contributed by atoms with Crippen LogP contribution in [-0.4, -0.2) is 26.4 Å². The molecule has 0 aliphatic rings. The zero-order valence-corrected chi connectivity index (χ0v) is 14.6. The van der Waals surface area contributed by atoms with Gasteiger partial charge in [0.15, 0.2) is 0 Å². The summed E-state index contributed by atoms with van der Waals surface area (Å²) in [6.45, 7) is 3.28. The smallest absolute Gasteiger partial charge is 0.338 e. The molecule has 0 saturated heterocycles. The number of anilines is 1. The molecule has 0 heterocycles. The Balaban J connectivity index is 2.45. The number of esters is 1. The van der Waals surface area contributed by atoms with Crippen molar-refractivity contribution in [1.29, 1.82) is 0 Å². The summed E-state index contributed by atoms with van der Waals surface area (Å²) in [6.07, 6.45) is 0. The molecule has 0 atom stereocenters. The van der Waals surface area contributed by atoms with Crippen molar-refractivity contribution in [3.63, 3.8) is 0 Å². The van der Waals surface area contributed by atoms with Crippen LogP contribution in [0.15, 0.2) is 41.3 Å². The minimum Gasteiger partial charge on any atom is -0.465 e. The van der Waals surface area contributed by atoms with Gasteiger partial charge < -0.3 is 4.74 Å². The van der Waals surface area contributed by atoms with Gasteiger partial charge in [-0.15, -0.1) is 0 Å². The number of nitrogens with zero attached hydrogens (tertiary/aromatic N) is 1. The largest absolute Gasteiger partial charge is 0.465 e. The van der Waals surface area contributed by atoms with Crippen LogP contribution >= 0.6 is 0 Å². The lowest BCUT2D eigenvalue weighted by Crippen LogP contribution is -2.15. The fraction of sp³-hybridized carbons (Fsp3) is 0.188. The Morgan fingerprint density at radius 2 is 1.76 bits per heavy atom. The standard InChI is InChI=1S/C16H16N2O6S/c1-10-5-7-13(9-14(10)16(19)24-3)25(22,23)17-15-8-12(18(20)21)6-4-11(15)2/h4-9,17H,1-3H3. The van der Waals surface area contributed by atoms with Crippen molar-refractivity contribution in [2.45, 2.75) is 18.7 Å². The van der Waals surface area contributed by atoms with Gasteiger partial charge in [0, 0.05) is 12.1 Å². The van der Waals surface area contributed by atoms with Gasteiger partial charge in [0.25, 0.3) is 15.7 Å². The topological polar surface area (TPSA) is 116 Å². The Morgan fingerprint density at radius 1 is 1.12 bits per heavy atom. The number of carbonyl (C=O) groups excluding carboxylic acids is 1. The van der Waals surface area contributed by atoms with E-state index in [-0.39, 0.29) is 21.8 Å². The Labute approximate surface area is 144 Å². The van der Waals surface area contributed by atoms with E-state index in [0.29, 0.717) is 11.1 Å². The molecule has 0 saturated carbocycles. The number of non-ortho nitro benzene ring substituents is 1. The number of nitro groups is 1. The summed E-state index contributed by atoms with van der Waals surface area (Å²) in [7, 11) is -2.84. The van der Waals surface area contributed by atoms with Crippen LogP contribution in [-0.2, 0) is 14.8 Å². The first kappa shape index (κ1) is 18.4. The maximum atomic E-state index is 12.6. The molecule has 0 aliphatic heterocycles. The van der Waals surface area contributed by atoms with Crippen molar-refractivity contribution in [3.05, 3.63) is 63.2 Å². The van der Waals surface area contributed by atoms with Crippen LogP contribution in [0.2, 0.25) is 0 Å². The minimum atomic E-state index is -4.04. The van der Waals surface area contributed by atoms with Crippen LogP contribution in [0.25, 0.3) is 0 Å². The van der Waals surface area contributed by atoms with E-state index in [1.165, 1.54) is 37.4 Å². The van der Waals surface area contributed by atoms with E-state index < -0.39 is 20.9 Å². The van der Waals surface area contributed by atoms with Gasteiger partial charge in [-0.05, 0) is 37.1 Å². The second kappa shape index (κ2) is 6.89. The number of nitro benzene ring substituents is 1. The fourth-order valence-corrected chi connectivity index (χ4v) is 3.28. The second-order valence-corrected chi connectivity index (χ2v) is 7.01. The van der Waals surface area contributed by atoms with Crippen LogP contribution in [0.3, 0.4) is 0 Å². The number of methoxy groups -OCH3 is 1. The summed E-state index contributed by atoms with van der Waals surface area (Å²) in [4.78, 5) is 21.8. The number of carbonyl (C=O) groups is 1. The van der Waals surface area contributed by atoms with Crippen LogP contribution < -0.4 is 4.72 Å². The summed E-state index contributed by atoms with van der Waals surface area (Å²) in [5.74, 6) is -0.652. The zero-order valence-electron chi connectivity index (χ0n) is 13.8. The number of hydrogen-bond donors (Lipinski definition) is 1. The minimum absolute atomic E-state index is 0.0920. The van der Waals surface area contributed by atoms with Gasteiger partial charge in [-0.1, -0.05) is 12.1 Å². The van der Waals surface area contributed by atoms with E-state index in [1.807, 2.05) is 0 Å². The third-order valence-electron chi connectivity index (χ3n) is 3.60. The highest BCUT2D eigenvalue weighted by atomic mass is 32.2. The van der Waals surface area contributed by atoms with Gasteiger partial charge in [-0.3, -0.25) is 14.8 Å². The molecular weight excluding hydrogens is 348 g/mol. The molecule has 0 fully saturated rings. The molecular formula is C16H16N2O6S. The molecule has 1 N–H and O–H groups in total. The summed E-state index contributed by atoms with van der Waals surface area (Å²) in [5, 5.41) is 10.9. The quantitative estimate of drug-likeness (QED) is 0.495. The summed E-state index contributed by atoms with van der Waals surface area (Å²) >= 11 is 0. The average Bonchev–Trinajstić information content (AvgIpc) is 2.56. The molecule has 8 nitrogen and oxygen atoms in total. The number of aryl methyl sites for hydroxylation is 2. The lowest BCUT2D eigenvalue weighted by atomic mass is 10.1. The highest BCUT2D eigenvalue weighted by Gasteiger charge is 2.20. The average molecular weight is 364 g/mol. The lowest BCUT2D eigenvalue weighted by molar-refractivity contribution is -0.384. The van der Waals surface area contributed by atoms with Crippen molar-refractivity contribution >= 4 is 27.4 Å².